The van der Waals surface area contributed by atoms with E-state index in [2.05, 4.69) is 57.9 Å². The summed E-state index contributed by atoms with van der Waals surface area (Å²) in [6.45, 7) is 3.26. The van der Waals surface area contributed by atoms with Crippen LogP contribution in [0.5, 0.6) is 5.75 Å². The fraction of sp³-hybridized carbons (Fsp3) is 0.314. The minimum Gasteiger partial charge on any atom is -0.493 e. The lowest BCUT2D eigenvalue weighted by atomic mass is 9.76. The zero-order valence-electron chi connectivity index (χ0n) is 24.1. The van der Waals surface area contributed by atoms with Crippen molar-refractivity contribution in [3.8, 4) is 16.9 Å². The normalized spacial score (nSPS) is 20.6. The Labute approximate surface area is 255 Å². The van der Waals surface area contributed by atoms with Crippen LogP contribution in [0, 0.1) is 0 Å². The summed E-state index contributed by atoms with van der Waals surface area (Å²) in [4.78, 5) is 20.8. The summed E-state index contributed by atoms with van der Waals surface area (Å²) in [6.07, 6.45) is 6.56. The number of nitrogens with zero attached hydrogens (tertiary/aromatic N) is 4. The Hall–Kier alpha value is -3.91. The van der Waals surface area contributed by atoms with Gasteiger partial charge in [0.1, 0.15) is 11.3 Å². The van der Waals surface area contributed by atoms with Gasteiger partial charge in [-0.15, -0.1) is 0 Å². The summed E-state index contributed by atoms with van der Waals surface area (Å²) in [5.41, 5.74) is 6.52. The molecule has 4 heterocycles. The van der Waals surface area contributed by atoms with Crippen molar-refractivity contribution in [3.05, 3.63) is 117 Å². The molecule has 1 saturated heterocycles. The number of halogens is 1. The van der Waals surface area contributed by atoms with Crippen LogP contribution in [0.1, 0.15) is 41.3 Å². The van der Waals surface area contributed by atoms with Crippen LogP contribution in [0.3, 0.4) is 0 Å². The lowest BCUT2D eigenvalue weighted by molar-refractivity contribution is 0.000414. The minimum atomic E-state index is -0.687. The molecule has 1 unspecified atom stereocenters. The first-order valence-electron chi connectivity index (χ1n) is 15.1. The molecular weight excluding hydrogens is 560 g/mol. The summed E-state index contributed by atoms with van der Waals surface area (Å²) >= 11 is 6.83. The molecule has 1 saturated carbocycles. The molecule has 3 aliphatic rings. The standard InChI is InChI=1S/C35H33ClN4O3/c1-38-22-37-21-33(38)35(39-12-15-42-16-13-39)25-5-9-31(36)24(17-25)11-14-43-28-4-2-3-23(18-28)29-20-34(41)40(27-7-8-27)32-10-6-26(35)19-30(29)32/h2-6,9-10,17-22,27H,7-8,11-16H2,1H3. The SMILES string of the molecule is Cn1cncc1C1(N2CCOCC2)c2ccc(Cl)c(c2)CCOc2cccc(c2)-c2cc(=O)n(C3CC3)c3ccc1cc23. The Morgan fingerprint density at radius 1 is 0.953 bits per heavy atom. The van der Waals surface area contributed by atoms with Crippen molar-refractivity contribution < 1.29 is 9.47 Å². The second-order valence-electron chi connectivity index (χ2n) is 11.9. The maximum atomic E-state index is 13.6. The maximum absolute atomic E-state index is 13.6. The zero-order chi connectivity index (χ0) is 29.1. The number of pyridine rings is 1. The highest BCUT2D eigenvalue weighted by molar-refractivity contribution is 6.31. The third-order valence-corrected chi connectivity index (χ3v) is 9.67. The number of imidazole rings is 1. The topological polar surface area (TPSA) is 61.5 Å². The number of hydrogen-bond acceptors (Lipinski definition) is 5. The molecule has 7 nitrogen and oxygen atoms in total. The van der Waals surface area contributed by atoms with Gasteiger partial charge in [0.25, 0.3) is 5.56 Å². The molecule has 1 aliphatic carbocycles. The number of hydrogen-bond donors (Lipinski definition) is 0. The fourth-order valence-corrected chi connectivity index (χ4v) is 7.35. The van der Waals surface area contributed by atoms with E-state index in [1.807, 2.05) is 47.4 Å². The van der Waals surface area contributed by atoms with Gasteiger partial charge in [-0.1, -0.05) is 41.9 Å². The number of aryl methyl sites for hydroxylation is 1. The Morgan fingerprint density at radius 3 is 2.56 bits per heavy atom. The molecule has 8 heteroatoms. The third kappa shape index (κ3) is 4.33. The highest BCUT2D eigenvalue weighted by atomic mass is 35.5. The van der Waals surface area contributed by atoms with Crippen molar-refractivity contribution in [2.75, 3.05) is 32.9 Å². The van der Waals surface area contributed by atoms with Crippen LogP contribution in [0.25, 0.3) is 22.0 Å². The third-order valence-electron chi connectivity index (χ3n) is 9.30. The quantitative estimate of drug-likeness (QED) is 0.259. The highest BCUT2D eigenvalue weighted by Crippen LogP contribution is 2.46. The van der Waals surface area contributed by atoms with Crippen LogP contribution >= 0.6 is 11.6 Å². The first-order valence-corrected chi connectivity index (χ1v) is 15.4. The number of morpholine rings is 1. The number of rotatable bonds is 3. The van der Waals surface area contributed by atoms with Crippen molar-refractivity contribution >= 4 is 22.5 Å². The second-order valence-corrected chi connectivity index (χ2v) is 12.3. The summed E-state index contributed by atoms with van der Waals surface area (Å²) in [5.74, 6) is 0.773. The Morgan fingerprint density at radius 2 is 1.77 bits per heavy atom. The van der Waals surface area contributed by atoms with E-state index in [4.69, 9.17) is 21.1 Å². The number of aromatic nitrogens is 3. The Kier molecular flexibility index (Phi) is 6.44. The van der Waals surface area contributed by atoms with Gasteiger partial charge in [-0.2, -0.15) is 0 Å². The maximum Gasteiger partial charge on any atom is 0.251 e. The molecular formula is C35H33ClN4O3. The predicted molar refractivity (Wildman–Crippen MR) is 168 cm³/mol. The summed E-state index contributed by atoms with van der Waals surface area (Å²) in [7, 11) is 2.06. The van der Waals surface area contributed by atoms with Crippen LogP contribution in [0.15, 0.2) is 84.0 Å². The summed E-state index contributed by atoms with van der Waals surface area (Å²) in [6, 6.07) is 23.2. The van der Waals surface area contributed by atoms with Crippen molar-refractivity contribution in [2.24, 2.45) is 7.05 Å². The van der Waals surface area contributed by atoms with Gasteiger partial charge in [-0.05, 0) is 71.0 Å². The van der Waals surface area contributed by atoms with Crippen LogP contribution in [0.2, 0.25) is 5.02 Å². The molecule has 5 aromatic rings. The van der Waals surface area contributed by atoms with Crippen LogP contribution < -0.4 is 10.3 Å². The van der Waals surface area contributed by atoms with Gasteiger partial charge in [-0.3, -0.25) is 9.69 Å². The average molecular weight is 593 g/mol. The van der Waals surface area contributed by atoms with E-state index < -0.39 is 5.54 Å². The molecule has 2 fully saturated rings. The van der Waals surface area contributed by atoms with Gasteiger partial charge in [0.15, 0.2) is 0 Å². The van der Waals surface area contributed by atoms with Crippen LogP contribution in [0.4, 0.5) is 0 Å². The molecule has 218 valence electrons. The van der Waals surface area contributed by atoms with E-state index in [1.54, 1.807) is 0 Å². The Balaban J connectivity index is 1.52. The molecule has 0 N–H and O–H groups in total. The van der Waals surface area contributed by atoms with E-state index >= 15 is 0 Å². The van der Waals surface area contributed by atoms with E-state index in [0.29, 0.717) is 26.2 Å². The number of fused-ring (bicyclic) bond motifs is 6. The predicted octanol–water partition coefficient (Wildman–Crippen LogP) is 5.95. The molecule has 0 amide bonds. The van der Waals surface area contributed by atoms with E-state index in [-0.39, 0.29) is 11.6 Å². The monoisotopic (exact) mass is 592 g/mol. The van der Waals surface area contributed by atoms with Crippen molar-refractivity contribution in [2.45, 2.75) is 30.8 Å². The molecule has 1 atom stereocenters. The molecule has 2 aliphatic heterocycles. The van der Waals surface area contributed by atoms with Gasteiger partial charge in [-0.25, -0.2) is 4.98 Å². The first-order chi connectivity index (χ1) is 21.0. The molecule has 0 radical (unpaired) electrons. The largest absolute Gasteiger partial charge is 0.493 e. The van der Waals surface area contributed by atoms with Crippen LogP contribution in [-0.4, -0.2) is 51.9 Å². The lowest BCUT2D eigenvalue weighted by Crippen LogP contribution is -2.53. The molecule has 6 bridgehead atoms. The van der Waals surface area contributed by atoms with Gasteiger partial charge >= 0.3 is 0 Å². The van der Waals surface area contributed by atoms with Crippen molar-refractivity contribution in [1.82, 2.24) is 19.0 Å². The van der Waals surface area contributed by atoms with E-state index in [0.717, 1.165) is 81.1 Å². The van der Waals surface area contributed by atoms with Gasteiger partial charge in [0.05, 0.1) is 43.6 Å². The first kappa shape index (κ1) is 26.7. The number of benzene rings is 3. The Bertz CT molecular complexity index is 1920. The van der Waals surface area contributed by atoms with Crippen molar-refractivity contribution in [1.29, 1.82) is 0 Å². The molecule has 3 aromatic carbocycles. The molecule has 0 spiro atoms. The summed E-state index contributed by atoms with van der Waals surface area (Å²) in [5, 5.41) is 1.77. The van der Waals surface area contributed by atoms with Crippen molar-refractivity contribution in [3.63, 3.8) is 0 Å². The lowest BCUT2D eigenvalue weighted by Gasteiger charge is -2.47. The zero-order valence-corrected chi connectivity index (χ0v) is 24.9. The van der Waals surface area contributed by atoms with Crippen LogP contribution in [-0.2, 0) is 23.7 Å². The minimum absolute atomic E-state index is 0.0404. The fourth-order valence-electron chi connectivity index (χ4n) is 7.14. The van der Waals surface area contributed by atoms with Gasteiger partial charge in [0, 0.05) is 49.1 Å². The van der Waals surface area contributed by atoms with E-state index in [1.165, 1.54) is 0 Å². The average Bonchev–Trinajstić information content (AvgIpc) is 3.78. The highest BCUT2D eigenvalue weighted by Gasteiger charge is 2.45. The smallest absolute Gasteiger partial charge is 0.251 e. The van der Waals surface area contributed by atoms with E-state index in [9.17, 15) is 4.79 Å². The number of ether oxygens (including phenoxy) is 2. The molecule has 2 aromatic heterocycles. The van der Waals surface area contributed by atoms with Gasteiger partial charge in [0.2, 0.25) is 0 Å². The molecule has 8 rings (SSSR count). The second kappa shape index (κ2) is 10.4. The summed E-state index contributed by atoms with van der Waals surface area (Å²) < 4.78 is 16.3. The van der Waals surface area contributed by atoms with Gasteiger partial charge < -0.3 is 18.6 Å². The molecule has 43 heavy (non-hydrogen) atoms.